The fourth-order valence-electron chi connectivity index (χ4n) is 2.39. The highest BCUT2D eigenvalue weighted by molar-refractivity contribution is 5.72. The smallest absolute Gasteiger partial charge is 0.240 e. The highest BCUT2D eigenvalue weighted by Gasteiger charge is 2.23. The predicted molar refractivity (Wildman–Crippen MR) is 78.7 cm³/mol. The molecule has 0 saturated carbocycles. The average molecular weight is 258 g/mol. The molecule has 0 atom stereocenters. The number of benzene rings is 1. The Balaban J connectivity index is 2.70. The van der Waals surface area contributed by atoms with Gasteiger partial charge in [0.2, 0.25) is 5.88 Å². The lowest BCUT2D eigenvalue weighted by Crippen LogP contribution is -2.09. The highest BCUT2D eigenvalue weighted by atomic mass is 16.5. The predicted octanol–water partition coefficient (Wildman–Crippen LogP) is 4.26. The number of rotatable bonds is 4. The number of ether oxygens (including phenoxy) is 1. The minimum atomic E-state index is 0.323. The van der Waals surface area contributed by atoms with Crippen LogP contribution in [0.2, 0.25) is 0 Å². The monoisotopic (exact) mass is 258 g/mol. The van der Waals surface area contributed by atoms with Crippen molar-refractivity contribution in [3.63, 3.8) is 0 Å². The summed E-state index contributed by atoms with van der Waals surface area (Å²) in [4.78, 5) is 0. The summed E-state index contributed by atoms with van der Waals surface area (Å²) in [6.07, 6.45) is 0. The van der Waals surface area contributed by atoms with Gasteiger partial charge >= 0.3 is 0 Å². The van der Waals surface area contributed by atoms with Gasteiger partial charge in [-0.25, -0.2) is 0 Å². The Hall–Kier alpha value is -1.77. The van der Waals surface area contributed by atoms with Crippen LogP contribution in [0.25, 0.3) is 11.1 Å². The van der Waals surface area contributed by atoms with E-state index in [-0.39, 0.29) is 0 Å². The third-order valence-corrected chi connectivity index (χ3v) is 3.21. The van der Waals surface area contributed by atoms with E-state index in [9.17, 15) is 0 Å². The maximum absolute atomic E-state index is 5.49. The summed E-state index contributed by atoms with van der Waals surface area (Å²) in [6, 6.07) is 10.7. The molecule has 0 aliphatic carbocycles. The molecule has 1 heterocycles. The third kappa shape index (κ3) is 2.50. The molecule has 0 aliphatic heterocycles. The molecule has 0 aliphatic rings. The van der Waals surface area contributed by atoms with Crippen LogP contribution in [0.15, 0.2) is 30.3 Å². The zero-order valence-electron chi connectivity index (χ0n) is 12.3. The van der Waals surface area contributed by atoms with Gasteiger partial charge in [-0.15, -0.1) is 5.10 Å². The molecule has 0 radical (unpaired) electrons. The summed E-state index contributed by atoms with van der Waals surface area (Å²) >= 11 is 0. The molecule has 0 unspecified atom stereocenters. The van der Waals surface area contributed by atoms with Gasteiger partial charge in [-0.05, 0) is 25.3 Å². The van der Waals surface area contributed by atoms with Crippen molar-refractivity contribution in [1.29, 1.82) is 0 Å². The normalized spacial score (nSPS) is 11.3. The van der Waals surface area contributed by atoms with Crippen LogP contribution in [0, 0.1) is 0 Å². The van der Waals surface area contributed by atoms with Crippen LogP contribution in [0.3, 0.4) is 0 Å². The van der Waals surface area contributed by atoms with E-state index in [4.69, 9.17) is 4.74 Å². The molecule has 0 saturated heterocycles. The first kappa shape index (κ1) is 13.7. The first-order valence-corrected chi connectivity index (χ1v) is 6.78. The second-order valence-electron chi connectivity index (χ2n) is 5.33. The molecular formula is C16H22N2O. The van der Waals surface area contributed by atoms with Crippen LogP contribution >= 0.6 is 0 Å². The third-order valence-electron chi connectivity index (χ3n) is 3.21. The second-order valence-corrected chi connectivity index (χ2v) is 5.33. The summed E-state index contributed by atoms with van der Waals surface area (Å²) in [5.74, 6) is 1.11. The van der Waals surface area contributed by atoms with E-state index in [2.05, 4.69) is 49.6 Å². The molecule has 102 valence electrons. The summed E-state index contributed by atoms with van der Waals surface area (Å²) in [6.45, 7) is 8.68. The van der Waals surface area contributed by atoms with Crippen LogP contribution in [-0.2, 0) is 0 Å². The zero-order chi connectivity index (χ0) is 14.0. The van der Waals surface area contributed by atoms with Gasteiger partial charge in [0, 0.05) is 6.04 Å². The number of hydrogen-bond acceptors (Lipinski definition) is 2. The number of aromatic nitrogens is 2. The molecule has 0 fully saturated rings. The Morgan fingerprint density at radius 2 is 1.68 bits per heavy atom. The van der Waals surface area contributed by atoms with Gasteiger partial charge in [-0.1, -0.05) is 44.2 Å². The molecule has 0 spiro atoms. The highest BCUT2D eigenvalue weighted by Crippen LogP contribution is 2.37. The van der Waals surface area contributed by atoms with E-state index < -0.39 is 0 Å². The maximum atomic E-state index is 5.49. The lowest BCUT2D eigenvalue weighted by molar-refractivity contribution is 0.382. The zero-order valence-corrected chi connectivity index (χ0v) is 12.3. The molecule has 1 aromatic carbocycles. The lowest BCUT2D eigenvalue weighted by atomic mass is 9.99. The van der Waals surface area contributed by atoms with Crippen molar-refractivity contribution in [2.75, 3.05) is 7.11 Å². The molecule has 2 rings (SSSR count). The fourth-order valence-corrected chi connectivity index (χ4v) is 2.39. The molecule has 1 aromatic heterocycles. The molecular weight excluding hydrogens is 236 g/mol. The minimum Gasteiger partial charge on any atom is -0.479 e. The molecule has 2 aromatic rings. The average Bonchev–Trinajstić information content (AvgIpc) is 2.79. The van der Waals surface area contributed by atoms with Crippen molar-refractivity contribution in [3.8, 4) is 17.0 Å². The SMILES string of the molecule is COc1nn(C(C)C)c(C(C)C)c1-c1ccccc1. The van der Waals surface area contributed by atoms with Crippen molar-refractivity contribution in [1.82, 2.24) is 9.78 Å². The molecule has 0 amide bonds. The number of methoxy groups -OCH3 is 1. The van der Waals surface area contributed by atoms with E-state index in [0.29, 0.717) is 17.8 Å². The quantitative estimate of drug-likeness (QED) is 0.819. The largest absolute Gasteiger partial charge is 0.479 e. The molecule has 0 N–H and O–H groups in total. The Morgan fingerprint density at radius 3 is 2.16 bits per heavy atom. The maximum Gasteiger partial charge on any atom is 0.240 e. The van der Waals surface area contributed by atoms with Crippen LogP contribution in [0.4, 0.5) is 0 Å². The van der Waals surface area contributed by atoms with E-state index in [1.165, 1.54) is 5.69 Å². The summed E-state index contributed by atoms with van der Waals surface area (Å²) in [7, 11) is 1.68. The topological polar surface area (TPSA) is 27.1 Å². The van der Waals surface area contributed by atoms with Gasteiger partial charge in [0.1, 0.15) is 0 Å². The van der Waals surface area contributed by atoms with Crippen LogP contribution < -0.4 is 4.74 Å². The van der Waals surface area contributed by atoms with Gasteiger partial charge in [-0.2, -0.15) is 0 Å². The van der Waals surface area contributed by atoms with Crippen molar-refractivity contribution in [2.24, 2.45) is 0 Å². The molecule has 3 nitrogen and oxygen atoms in total. The van der Waals surface area contributed by atoms with Gasteiger partial charge in [-0.3, -0.25) is 4.68 Å². The van der Waals surface area contributed by atoms with E-state index >= 15 is 0 Å². The van der Waals surface area contributed by atoms with E-state index in [1.54, 1.807) is 7.11 Å². The van der Waals surface area contributed by atoms with Crippen molar-refractivity contribution in [2.45, 2.75) is 39.7 Å². The van der Waals surface area contributed by atoms with Crippen LogP contribution in [0.1, 0.15) is 45.3 Å². The molecule has 0 bridgehead atoms. The van der Waals surface area contributed by atoms with Gasteiger partial charge in [0.05, 0.1) is 18.4 Å². The summed E-state index contributed by atoms with van der Waals surface area (Å²) in [5, 5.41) is 4.62. The number of hydrogen-bond donors (Lipinski definition) is 0. The number of nitrogens with zero attached hydrogens (tertiary/aromatic N) is 2. The Bertz CT molecular complexity index is 541. The van der Waals surface area contributed by atoms with E-state index in [0.717, 1.165) is 11.1 Å². The van der Waals surface area contributed by atoms with E-state index in [1.807, 2.05) is 18.2 Å². The van der Waals surface area contributed by atoms with Gasteiger partial charge in [0.15, 0.2) is 0 Å². The standard InChI is InChI=1S/C16H22N2O/c1-11(2)15-14(13-9-7-6-8-10-13)16(19-5)17-18(15)12(3)4/h6-12H,1-5H3. The minimum absolute atomic E-state index is 0.323. The first-order valence-electron chi connectivity index (χ1n) is 6.78. The van der Waals surface area contributed by atoms with Crippen LogP contribution in [0.5, 0.6) is 5.88 Å². The van der Waals surface area contributed by atoms with Gasteiger partial charge in [0.25, 0.3) is 0 Å². The fraction of sp³-hybridized carbons (Fsp3) is 0.438. The first-order chi connectivity index (χ1) is 9.06. The Morgan fingerprint density at radius 1 is 1.05 bits per heavy atom. The van der Waals surface area contributed by atoms with Crippen molar-refractivity contribution >= 4 is 0 Å². The Labute approximate surface area is 115 Å². The van der Waals surface area contributed by atoms with Gasteiger partial charge < -0.3 is 4.74 Å². The molecule has 19 heavy (non-hydrogen) atoms. The second kappa shape index (κ2) is 5.47. The summed E-state index contributed by atoms with van der Waals surface area (Å²) < 4.78 is 7.56. The van der Waals surface area contributed by atoms with Crippen molar-refractivity contribution < 1.29 is 4.74 Å². The summed E-state index contributed by atoms with van der Waals surface area (Å²) in [5.41, 5.74) is 3.51. The van der Waals surface area contributed by atoms with Crippen LogP contribution in [-0.4, -0.2) is 16.9 Å². The lowest BCUT2D eigenvalue weighted by Gasteiger charge is -2.15. The van der Waals surface area contributed by atoms with Crippen molar-refractivity contribution in [3.05, 3.63) is 36.0 Å². The Kier molecular flexibility index (Phi) is 3.93. The molecule has 3 heteroatoms.